The molecule has 0 aliphatic heterocycles. The maximum absolute atomic E-state index is 12.6. The number of ether oxygens (including phenoxy) is 1. The predicted molar refractivity (Wildman–Crippen MR) is 115 cm³/mol. The quantitative estimate of drug-likeness (QED) is 0.587. The molecule has 1 amide bonds. The van der Waals surface area contributed by atoms with E-state index in [4.69, 9.17) is 9.84 Å². The fourth-order valence-corrected chi connectivity index (χ4v) is 3.17. The molecule has 0 spiro atoms. The molecule has 1 heterocycles. The maximum atomic E-state index is 12.6. The average Bonchev–Trinajstić information content (AvgIpc) is 3.17. The van der Waals surface area contributed by atoms with Crippen LogP contribution in [0.2, 0.25) is 0 Å². The summed E-state index contributed by atoms with van der Waals surface area (Å²) in [6.07, 6.45) is 2.20. The van der Waals surface area contributed by atoms with Gasteiger partial charge in [0.1, 0.15) is 5.75 Å². The van der Waals surface area contributed by atoms with Crippen LogP contribution in [0.5, 0.6) is 5.75 Å². The number of rotatable bonds is 9. The van der Waals surface area contributed by atoms with E-state index in [2.05, 4.69) is 24.5 Å². The van der Waals surface area contributed by atoms with Crippen molar-refractivity contribution in [2.24, 2.45) is 0 Å². The summed E-state index contributed by atoms with van der Waals surface area (Å²) in [6.45, 7) is 5.58. The van der Waals surface area contributed by atoms with Gasteiger partial charge in [-0.3, -0.25) is 4.79 Å². The Bertz CT molecular complexity index is 920. The van der Waals surface area contributed by atoms with Crippen LogP contribution < -0.4 is 15.4 Å². The van der Waals surface area contributed by atoms with Crippen LogP contribution in [0.3, 0.4) is 0 Å². The van der Waals surface area contributed by atoms with Crippen LogP contribution in [0.15, 0.2) is 60.8 Å². The molecule has 0 radical (unpaired) electrons. The Morgan fingerprint density at radius 3 is 2.52 bits per heavy atom. The second-order valence-electron chi connectivity index (χ2n) is 6.95. The molecule has 1 aromatic heterocycles. The number of methoxy groups -OCH3 is 1. The minimum absolute atomic E-state index is 0.0165. The molecule has 152 valence electrons. The summed E-state index contributed by atoms with van der Waals surface area (Å²) in [6, 6.07) is 17.9. The van der Waals surface area contributed by atoms with Crippen LogP contribution >= 0.6 is 0 Å². The van der Waals surface area contributed by atoms with Gasteiger partial charge in [-0.1, -0.05) is 25.1 Å². The molecule has 6 nitrogen and oxygen atoms in total. The first-order chi connectivity index (χ1) is 14.1. The highest BCUT2D eigenvalue weighted by atomic mass is 16.5. The number of nitrogens with zero attached hydrogens (tertiary/aromatic N) is 2. The number of amides is 1. The molecule has 6 heteroatoms. The fraction of sp³-hybridized carbons (Fsp3) is 0.304. The second kappa shape index (κ2) is 9.89. The van der Waals surface area contributed by atoms with Gasteiger partial charge in [0.25, 0.3) is 0 Å². The first kappa shape index (κ1) is 20.6. The molecular weight excluding hydrogens is 364 g/mol. The van der Waals surface area contributed by atoms with E-state index in [1.807, 2.05) is 65.5 Å². The summed E-state index contributed by atoms with van der Waals surface area (Å²) in [4.78, 5) is 12.6. The average molecular weight is 393 g/mol. The molecule has 2 aromatic carbocycles. The number of nitrogens with one attached hydrogen (secondary N) is 2. The van der Waals surface area contributed by atoms with E-state index in [1.165, 1.54) is 0 Å². The normalized spacial score (nSPS) is 11.8. The number of hydrogen-bond donors (Lipinski definition) is 2. The monoisotopic (exact) mass is 392 g/mol. The summed E-state index contributed by atoms with van der Waals surface area (Å²) in [5.41, 5.74) is 3.58. The van der Waals surface area contributed by atoms with Crippen LogP contribution in [-0.2, 0) is 11.2 Å². The molecule has 0 aliphatic carbocycles. The van der Waals surface area contributed by atoms with Gasteiger partial charge in [0, 0.05) is 29.9 Å². The lowest BCUT2D eigenvalue weighted by Crippen LogP contribution is -2.39. The topological polar surface area (TPSA) is 68.2 Å². The standard InChI is InChI=1S/C23H28N4O2/c1-4-24-17(2)15-25-22(28)14-19-16-27(20-8-6-5-7-9-20)26-23(19)18-10-12-21(29-3)13-11-18/h5-13,16-17,24H,4,14-15H2,1-3H3,(H,25,28)/t17-/m1/s1. The van der Waals surface area contributed by atoms with Gasteiger partial charge >= 0.3 is 0 Å². The van der Waals surface area contributed by atoms with Gasteiger partial charge in [-0.25, -0.2) is 4.68 Å². The smallest absolute Gasteiger partial charge is 0.224 e. The number of hydrogen-bond acceptors (Lipinski definition) is 4. The van der Waals surface area contributed by atoms with Crippen LogP contribution in [-0.4, -0.2) is 41.9 Å². The van der Waals surface area contributed by atoms with Crippen molar-refractivity contribution in [2.75, 3.05) is 20.2 Å². The molecule has 0 aliphatic rings. The summed E-state index contributed by atoms with van der Waals surface area (Å²) < 4.78 is 7.08. The number of para-hydroxylation sites is 1. The largest absolute Gasteiger partial charge is 0.497 e. The van der Waals surface area contributed by atoms with Gasteiger partial charge in [0.05, 0.1) is 24.9 Å². The van der Waals surface area contributed by atoms with Gasteiger partial charge in [-0.15, -0.1) is 0 Å². The fourth-order valence-electron chi connectivity index (χ4n) is 3.17. The maximum Gasteiger partial charge on any atom is 0.224 e. The van der Waals surface area contributed by atoms with E-state index in [9.17, 15) is 4.79 Å². The van der Waals surface area contributed by atoms with E-state index in [0.717, 1.165) is 34.8 Å². The molecule has 0 fully saturated rings. The van der Waals surface area contributed by atoms with E-state index in [-0.39, 0.29) is 18.4 Å². The molecule has 0 saturated heterocycles. The number of carbonyl (C=O) groups is 1. The molecule has 2 N–H and O–H groups in total. The zero-order valence-corrected chi connectivity index (χ0v) is 17.2. The van der Waals surface area contributed by atoms with Crippen LogP contribution in [0, 0.1) is 0 Å². The zero-order chi connectivity index (χ0) is 20.6. The number of aromatic nitrogens is 2. The van der Waals surface area contributed by atoms with Crippen molar-refractivity contribution in [1.29, 1.82) is 0 Å². The first-order valence-electron chi connectivity index (χ1n) is 9.89. The Hall–Kier alpha value is -3.12. The lowest BCUT2D eigenvalue weighted by molar-refractivity contribution is -0.120. The Morgan fingerprint density at radius 1 is 1.14 bits per heavy atom. The molecular formula is C23H28N4O2. The Morgan fingerprint density at radius 2 is 1.86 bits per heavy atom. The number of carbonyl (C=O) groups excluding carboxylic acids is 1. The van der Waals surface area contributed by atoms with Crippen molar-refractivity contribution in [3.05, 3.63) is 66.4 Å². The lowest BCUT2D eigenvalue weighted by atomic mass is 10.1. The third-order valence-corrected chi connectivity index (χ3v) is 4.68. The lowest BCUT2D eigenvalue weighted by Gasteiger charge is -2.13. The Kier molecular flexibility index (Phi) is 7.03. The van der Waals surface area contributed by atoms with E-state index < -0.39 is 0 Å². The summed E-state index contributed by atoms with van der Waals surface area (Å²) in [5.74, 6) is 0.769. The minimum atomic E-state index is -0.0165. The van der Waals surface area contributed by atoms with Crippen LogP contribution in [0.25, 0.3) is 16.9 Å². The summed E-state index contributed by atoms with van der Waals surface area (Å²) in [5, 5.41) is 11.1. The van der Waals surface area contributed by atoms with Gasteiger partial charge in [-0.2, -0.15) is 5.10 Å². The van der Waals surface area contributed by atoms with Gasteiger partial charge in [0.2, 0.25) is 5.91 Å². The van der Waals surface area contributed by atoms with Gasteiger partial charge in [-0.05, 0) is 49.9 Å². The molecule has 3 aromatic rings. The van der Waals surface area contributed by atoms with Crippen LogP contribution in [0.4, 0.5) is 0 Å². The van der Waals surface area contributed by atoms with Crippen molar-refractivity contribution in [3.8, 4) is 22.7 Å². The summed E-state index contributed by atoms with van der Waals surface area (Å²) >= 11 is 0. The van der Waals surface area contributed by atoms with Crippen molar-refractivity contribution < 1.29 is 9.53 Å². The van der Waals surface area contributed by atoms with E-state index in [0.29, 0.717) is 6.54 Å². The molecule has 29 heavy (non-hydrogen) atoms. The number of likely N-dealkylation sites (N-methyl/N-ethyl adjacent to an activating group) is 1. The first-order valence-corrected chi connectivity index (χ1v) is 9.89. The van der Waals surface area contributed by atoms with Crippen molar-refractivity contribution >= 4 is 5.91 Å². The predicted octanol–water partition coefficient (Wildman–Crippen LogP) is 3.20. The SMILES string of the molecule is CCN[C@H](C)CNC(=O)Cc1cn(-c2ccccc2)nc1-c1ccc(OC)cc1. The van der Waals surface area contributed by atoms with Gasteiger partial charge in [0.15, 0.2) is 0 Å². The zero-order valence-electron chi connectivity index (χ0n) is 17.2. The third-order valence-electron chi connectivity index (χ3n) is 4.68. The van der Waals surface area contributed by atoms with Crippen LogP contribution in [0.1, 0.15) is 19.4 Å². The van der Waals surface area contributed by atoms with Crippen molar-refractivity contribution in [3.63, 3.8) is 0 Å². The minimum Gasteiger partial charge on any atom is -0.497 e. The van der Waals surface area contributed by atoms with Crippen molar-refractivity contribution in [2.45, 2.75) is 26.3 Å². The number of benzene rings is 2. The molecule has 3 rings (SSSR count). The Labute approximate surface area is 171 Å². The molecule has 1 atom stereocenters. The van der Waals surface area contributed by atoms with Crippen molar-refractivity contribution in [1.82, 2.24) is 20.4 Å². The second-order valence-corrected chi connectivity index (χ2v) is 6.95. The third kappa shape index (κ3) is 5.45. The van der Waals surface area contributed by atoms with E-state index >= 15 is 0 Å². The highest BCUT2D eigenvalue weighted by molar-refractivity contribution is 5.81. The highest BCUT2D eigenvalue weighted by Crippen LogP contribution is 2.26. The molecule has 0 saturated carbocycles. The highest BCUT2D eigenvalue weighted by Gasteiger charge is 2.16. The molecule has 0 bridgehead atoms. The summed E-state index contributed by atoms with van der Waals surface area (Å²) in [7, 11) is 1.64. The van der Waals surface area contributed by atoms with E-state index in [1.54, 1.807) is 7.11 Å². The molecule has 0 unspecified atom stereocenters. The Balaban J connectivity index is 1.85. The van der Waals surface area contributed by atoms with Gasteiger partial charge < -0.3 is 15.4 Å².